The summed E-state index contributed by atoms with van der Waals surface area (Å²) in [7, 11) is 1.42. The lowest BCUT2D eigenvalue weighted by Gasteiger charge is -2.05. The molecule has 0 aliphatic carbocycles. The third kappa shape index (κ3) is 2.56. The van der Waals surface area contributed by atoms with Crippen molar-refractivity contribution < 1.29 is 19.1 Å². The number of fused-ring (bicyclic) bond motifs is 1. The Balaban J connectivity index is 2.53. The summed E-state index contributed by atoms with van der Waals surface area (Å²) in [6.07, 6.45) is 3.31. The van der Waals surface area contributed by atoms with Crippen LogP contribution in [0.5, 0.6) is 5.75 Å². The summed E-state index contributed by atoms with van der Waals surface area (Å²) in [6, 6.07) is 1.91. The molecule has 2 aromatic rings. The Bertz CT molecular complexity index is 742. The molecule has 108 valence electrons. The van der Waals surface area contributed by atoms with Gasteiger partial charge in [-0.25, -0.2) is 9.78 Å². The summed E-state index contributed by atoms with van der Waals surface area (Å²) in [6.45, 7) is 2.01. The fourth-order valence-corrected chi connectivity index (χ4v) is 1.91. The molecule has 0 fully saturated rings. The third-order valence-corrected chi connectivity index (χ3v) is 2.87. The summed E-state index contributed by atoms with van der Waals surface area (Å²) < 4.78 is 9.97. The van der Waals surface area contributed by atoms with Crippen LogP contribution in [0.4, 0.5) is 0 Å². The number of esters is 1. The third-order valence-electron chi connectivity index (χ3n) is 2.87. The number of rotatable bonds is 5. The van der Waals surface area contributed by atoms with E-state index in [0.717, 1.165) is 0 Å². The second-order valence-electron chi connectivity index (χ2n) is 4.20. The molecule has 21 heavy (non-hydrogen) atoms. The normalized spacial score (nSPS) is 10.1. The van der Waals surface area contributed by atoms with Crippen LogP contribution in [0.3, 0.4) is 0 Å². The van der Waals surface area contributed by atoms with Gasteiger partial charge >= 0.3 is 5.97 Å². The van der Waals surface area contributed by atoms with Gasteiger partial charge in [0, 0.05) is 6.20 Å². The van der Waals surface area contributed by atoms with Gasteiger partial charge in [0.25, 0.3) is 5.78 Å². The smallest absolute Gasteiger partial charge is 0.379 e. The van der Waals surface area contributed by atoms with Crippen molar-refractivity contribution in [3.05, 3.63) is 23.7 Å². The number of ether oxygens (including phenoxy) is 2. The summed E-state index contributed by atoms with van der Waals surface area (Å²) >= 11 is 0. The fraction of sp³-hybridized carbons (Fsp3) is 0.286. The molecule has 0 aliphatic rings. The van der Waals surface area contributed by atoms with E-state index >= 15 is 0 Å². The van der Waals surface area contributed by atoms with Crippen molar-refractivity contribution >= 4 is 22.7 Å². The number of carbonyl (C=O) groups excluding carboxylic acids is 2. The van der Waals surface area contributed by atoms with E-state index in [1.165, 1.54) is 19.5 Å². The molecular weight excluding hydrogens is 274 g/mol. The van der Waals surface area contributed by atoms with Gasteiger partial charge in [0.2, 0.25) is 0 Å². The number of hydrogen-bond acceptors (Lipinski definition) is 6. The SMILES string of the molecule is CCCOC(=O)C(=O)c1c[nH]c2c(C#N)ncc(OC)c12. The Labute approximate surface area is 120 Å². The van der Waals surface area contributed by atoms with Gasteiger partial charge in [0.1, 0.15) is 11.8 Å². The number of carbonyl (C=O) groups is 2. The molecular formula is C14H13N3O4. The van der Waals surface area contributed by atoms with E-state index in [9.17, 15) is 9.59 Å². The second-order valence-corrected chi connectivity index (χ2v) is 4.20. The minimum absolute atomic E-state index is 0.0989. The molecule has 0 amide bonds. The van der Waals surface area contributed by atoms with Gasteiger partial charge in [-0.1, -0.05) is 6.92 Å². The standard InChI is InChI=1S/C14H13N3O4/c1-3-4-21-14(19)13(18)8-6-17-12-9(5-15)16-7-10(20-2)11(8)12/h6-7,17H,3-4H2,1-2H3. The highest BCUT2D eigenvalue weighted by atomic mass is 16.5. The van der Waals surface area contributed by atoms with Crippen molar-refractivity contribution in [3.63, 3.8) is 0 Å². The molecule has 0 saturated heterocycles. The number of aromatic amines is 1. The van der Waals surface area contributed by atoms with Crippen molar-refractivity contribution in [1.29, 1.82) is 5.26 Å². The van der Waals surface area contributed by atoms with Crippen molar-refractivity contribution in [2.75, 3.05) is 13.7 Å². The molecule has 0 spiro atoms. The van der Waals surface area contributed by atoms with Crippen molar-refractivity contribution in [2.45, 2.75) is 13.3 Å². The Morgan fingerprint density at radius 2 is 2.24 bits per heavy atom. The molecule has 0 unspecified atom stereocenters. The summed E-state index contributed by atoms with van der Waals surface area (Å²) in [5.41, 5.74) is 0.567. The summed E-state index contributed by atoms with van der Waals surface area (Å²) in [5.74, 6) is -1.42. The molecule has 7 nitrogen and oxygen atoms in total. The Kier molecular flexibility index (Phi) is 4.18. The number of H-pyrrole nitrogens is 1. The molecule has 0 saturated carbocycles. The van der Waals surface area contributed by atoms with E-state index in [0.29, 0.717) is 23.1 Å². The minimum Gasteiger partial charge on any atom is -0.494 e. The predicted octanol–water partition coefficient (Wildman–Crippen LogP) is 1.58. The van der Waals surface area contributed by atoms with Crippen LogP contribution in [0.25, 0.3) is 10.9 Å². The van der Waals surface area contributed by atoms with Crippen LogP contribution >= 0.6 is 0 Å². The molecule has 0 aliphatic heterocycles. The maximum atomic E-state index is 12.1. The molecule has 1 N–H and O–H groups in total. The van der Waals surface area contributed by atoms with Gasteiger partial charge in [-0.2, -0.15) is 5.26 Å². The number of ketones is 1. The van der Waals surface area contributed by atoms with Crippen LogP contribution in [0.1, 0.15) is 29.4 Å². The van der Waals surface area contributed by atoms with E-state index in [1.807, 2.05) is 13.0 Å². The van der Waals surface area contributed by atoms with Crippen LogP contribution in [0.15, 0.2) is 12.4 Å². The first-order chi connectivity index (χ1) is 10.1. The highest BCUT2D eigenvalue weighted by Crippen LogP contribution is 2.30. The number of nitrogens with zero attached hydrogens (tertiary/aromatic N) is 2. The van der Waals surface area contributed by atoms with Gasteiger partial charge in [0.05, 0.1) is 36.4 Å². The lowest BCUT2D eigenvalue weighted by Crippen LogP contribution is -2.17. The molecule has 0 atom stereocenters. The maximum Gasteiger partial charge on any atom is 0.379 e. The summed E-state index contributed by atoms with van der Waals surface area (Å²) in [4.78, 5) is 30.5. The van der Waals surface area contributed by atoms with E-state index in [1.54, 1.807) is 0 Å². The van der Waals surface area contributed by atoms with E-state index in [-0.39, 0.29) is 17.9 Å². The average molecular weight is 287 g/mol. The maximum absolute atomic E-state index is 12.1. The first-order valence-electron chi connectivity index (χ1n) is 6.29. The van der Waals surface area contributed by atoms with Gasteiger partial charge < -0.3 is 14.5 Å². The Hall–Kier alpha value is -2.88. The van der Waals surface area contributed by atoms with Gasteiger partial charge in [-0.05, 0) is 6.42 Å². The number of hydrogen-bond donors (Lipinski definition) is 1. The van der Waals surface area contributed by atoms with Crippen molar-refractivity contribution in [2.24, 2.45) is 0 Å². The average Bonchev–Trinajstić information content (AvgIpc) is 2.95. The molecule has 2 heterocycles. The zero-order valence-corrected chi connectivity index (χ0v) is 11.6. The van der Waals surface area contributed by atoms with Crippen LogP contribution in [0, 0.1) is 11.3 Å². The fourth-order valence-electron chi connectivity index (χ4n) is 1.91. The number of nitriles is 1. The van der Waals surface area contributed by atoms with E-state index in [4.69, 9.17) is 14.7 Å². The van der Waals surface area contributed by atoms with E-state index < -0.39 is 11.8 Å². The van der Waals surface area contributed by atoms with Gasteiger partial charge in [0.15, 0.2) is 5.69 Å². The predicted molar refractivity (Wildman–Crippen MR) is 72.9 cm³/mol. The number of nitrogens with one attached hydrogen (secondary N) is 1. The molecule has 0 radical (unpaired) electrons. The van der Waals surface area contributed by atoms with Crippen LogP contribution in [-0.4, -0.2) is 35.4 Å². The monoisotopic (exact) mass is 287 g/mol. The highest BCUT2D eigenvalue weighted by Gasteiger charge is 2.24. The Morgan fingerprint density at radius 1 is 1.48 bits per heavy atom. The largest absolute Gasteiger partial charge is 0.494 e. The minimum atomic E-state index is -0.935. The van der Waals surface area contributed by atoms with Gasteiger partial charge in [-0.3, -0.25) is 4.79 Å². The first kappa shape index (κ1) is 14.5. The lowest BCUT2D eigenvalue weighted by atomic mass is 10.1. The van der Waals surface area contributed by atoms with E-state index in [2.05, 4.69) is 9.97 Å². The molecule has 2 rings (SSSR count). The van der Waals surface area contributed by atoms with Crippen LogP contribution in [0.2, 0.25) is 0 Å². The number of aromatic nitrogens is 2. The second kappa shape index (κ2) is 6.05. The number of pyridine rings is 1. The summed E-state index contributed by atoms with van der Waals surface area (Å²) in [5, 5.41) is 9.37. The zero-order valence-electron chi connectivity index (χ0n) is 11.6. The first-order valence-corrected chi connectivity index (χ1v) is 6.29. The molecule has 0 aromatic carbocycles. The van der Waals surface area contributed by atoms with Crippen LogP contribution in [-0.2, 0) is 9.53 Å². The molecule has 7 heteroatoms. The highest BCUT2D eigenvalue weighted by molar-refractivity contribution is 6.43. The quantitative estimate of drug-likeness (QED) is 0.508. The zero-order chi connectivity index (χ0) is 15.4. The topological polar surface area (TPSA) is 105 Å². The van der Waals surface area contributed by atoms with Crippen LogP contribution < -0.4 is 4.74 Å². The lowest BCUT2D eigenvalue weighted by molar-refractivity contribution is -0.138. The molecule has 2 aromatic heterocycles. The number of Topliss-reactive ketones (excluding diaryl/α,β-unsaturated/α-hetero) is 1. The van der Waals surface area contributed by atoms with Crippen molar-refractivity contribution in [3.8, 4) is 11.8 Å². The Morgan fingerprint density at radius 3 is 2.86 bits per heavy atom. The van der Waals surface area contributed by atoms with Gasteiger partial charge in [-0.15, -0.1) is 0 Å². The number of methoxy groups -OCH3 is 1. The molecule has 0 bridgehead atoms. The van der Waals surface area contributed by atoms with Crippen molar-refractivity contribution in [1.82, 2.24) is 9.97 Å².